The third-order valence-corrected chi connectivity index (χ3v) is 0. The first kappa shape index (κ1) is 15.7. The van der Waals surface area contributed by atoms with Gasteiger partial charge in [0.05, 0.1) is 0 Å². The maximum absolute atomic E-state index is 7.17. The molecule has 0 atom stereocenters. The molecule has 0 aromatic rings. The minimum absolute atomic E-state index is 0. The Morgan fingerprint density at radius 1 is 1.00 bits per heavy atom. The summed E-state index contributed by atoms with van der Waals surface area (Å²) in [5, 5.41) is 21.5. The van der Waals surface area contributed by atoms with E-state index in [1.807, 2.05) is 0 Å². The third-order valence-electron chi connectivity index (χ3n) is 0. The zero-order chi connectivity index (χ0) is 3.58. The standard InChI is InChI=1S/BH3O3.Cu.Li.H/c2-1(3)4;;;/h2-4H;;;. The van der Waals surface area contributed by atoms with Crippen molar-refractivity contribution in [2.75, 3.05) is 0 Å². The van der Waals surface area contributed by atoms with E-state index in [9.17, 15) is 0 Å². The second-order valence-electron chi connectivity index (χ2n) is 0.346. The maximum atomic E-state index is 7.17. The molecule has 0 spiro atoms. The molecule has 1 radical (unpaired) electrons. The fraction of sp³-hybridized carbons (Fsp3) is 0. The van der Waals surface area contributed by atoms with Gasteiger partial charge in [0.25, 0.3) is 0 Å². The van der Waals surface area contributed by atoms with Gasteiger partial charge in [-0.1, -0.05) is 0 Å². The quantitative estimate of drug-likeness (QED) is 0.315. The molecule has 0 amide bonds. The number of hydrogen-bond acceptors (Lipinski definition) is 3. The van der Waals surface area contributed by atoms with Crippen molar-refractivity contribution in [2.45, 2.75) is 0 Å². The second-order valence-corrected chi connectivity index (χ2v) is 0.346. The van der Waals surface area contributed by atoms with Crippen LogP contribution in [0.4, 0.5) is 0 Å². The van der Waals surface area contributed by atoms with Gasteiger partial charge in [-0.3, -0.25) is 0 Å². The van der Waals surface area contributed by atoms with Crippen molar-refractivity contribution in [3.63, 3.8) is 0 Å². The molecule has 6 heteroatoms. The van der Waals surface area contributed by atoms with Gasteiger partial charge in [0.15, 0.2) is 0 Å². The Hall–Kier alpha value is 1.06. The zero-order valence-electron chi connectivity index (χ0n) is 2.22. The molecule has 0 aliphatic rings. The Balaban J connectivity index is -0.0000000450. The average molecular weight is 133 g/mol. The first-order valence-electron chi connectivity index (χ1n) is 0.775. The van der Waals surface area contributed by atoms with Crippen LogP contribution in [0.5, 0.6) is 0 Å². The van der Waals surface area contributed by atoms with E-state index >= 15 is 0 Å². The van der Waals surface area contributed by atoms with Gasteiger partial charge in [-0.25, -0.2) is 0 Å². The summed E-state index contributed by atoms with van der Waals surface area (Å²) in [5.41, 5.74) is 0. The average Bonchev–Trinajstić information content (AvgIpc) is 0.811. The molecular weight excluding hydrogens is 129 g/mol. The summed E-state index contributed by atoms with van der Waals surface area (Å²) in [6.07, 6.45) is 0. The van der Waals surface area contributed by atoms with E-state index in [-0.39, 0.29) is 35.9 Å². The summed E-state index contributed by atoms with van der Waals surface area (Å²) in [6, 6.07) is 0. The molecule has 0 aromatic carbocycles. The van der Waals surface area contributed by atoms with Crippen molar-refractivity contribution in [1.82, 2.24) is 0 Å². The van der Waals surface area contributed by atoms with Crippen molar-refractivity contribution in [2.24, 2.45) is 0 Å². The third kappa shape index (κ3) is 74.1. The van der Waals surface area contributed by atoms with Crippen LogP contribution in [0.25, 0.3) is 0 Å². The monoisotopic (exact) mass is 133 g/mol. The topological polar surface area (TPSA) is 60.7 Å². The molecule has 0 saturated carbocycles. The van der Waals surface area contributed by atoms with Crippen LogP contribution in [0.1, 0.15) is 0 Å². The Morgan fingerprint density at radius 3 is 1.00 bits per heavy atom. The molecule has 0 aromatic heterocycles. The van der Waals surface area contributed by atoms with Crippen molar-refractivity contribution in [1.29, 1.82) is 0 Å². The first-order valence-corrected chi connectivity index (χ1v) is 0.775. The normalized spacial score (nSPS) is 4.50. The Morgan fingerprint density at radius 2 is 1.00 bits per heavy atom. The molecule has 0 heterocycles. The Kier molecular flexibility index (Phi) is 24.7. The van der Waals surface area contributed by atoms with Crippen LogP contribution >= 0.6 is 0 Å². The van der Waals surface area contributed by atoms with E-state index < -0.39 is 7.32 Å². The van der Waals surface area contributed by atoms with Crippen LogP contribution in [0.2, 0.25) is 0 Å². The second kappa shape index (κ2) is 9.41. The van der Waals surface area contributed by atoms with Crippen LogP contribution in [-0.4, -0.2) is 41.3 Å². The fourth-order valence-electron chi connectivity index (χ4n) is 0. The molecule has 0 aliphatic carbocycles. The van der Waals surface area contributed by atoms with Gasteiger partial charge in [-0.15, -0.1) is 0 Å². The van der Waals surface area contributed by atoms with E-state index in [1.54, 1.807) is 0 Å². The van der Waals surface area contributed by atoms with Gasteiger partial charge in [-0.2, -0.15) is 0 Å². The molecule has 37 valence electrons. The van der Waals surface area contributed by atoms with Crippen molar-refractivity contribution in [3.8, 4) is 0 Å². The summed E-state index contributed by atoms with van der Waals surface area (Å²) in [6.45, 7) is 0. The summed E-state index contributed by atoms with van der Waals surface area (Å²) in [5.74, 6) is 0. The van der Waals surface area contributed by atoms with Crippen LogP contribution in [0.3, 0.4) is 0 Å². The predicted octanol–water partition coefficient (Wildman–Crippen LogP) is -2.70. The van der Waals surface area contributed by atoms with Crippen molar-refractivity contribution < 1.29 is 32.1 Å². The van der Waals surface area contributed by atoms with Crippen LogP contribution in [0, 0.1) is 0 Å². The van der Waals surface area contributed by atoms with Crippen LogP contribution < -0.4 is 0 Å². The molecule has 0 bridgehead atoms. The molecule has 3 nitrogen and oxygen atoms in total. The molecule has 0 aliphatic heterocycles. The summed E-state index contributed by atoms with van der Waals surface area (Å²) < 4.78 is 0. The SMILES string of the molecule is OB(O)O.[Cu].[LiH]. The van der Waals surface area contributed by atoms with E-state index in [2.05, 4.69) is 0 Å². The Labute approximate surface area is 58.6 Å². The predicted molar refractivity (Wildman–Crippen MR) is 19.6 cm³/mol. The molecule has 0 unspecified atom stereocenters. The number of hydrogen-bond donors (Lipinski definition) is 3. The molecular formula is H4BCuLiO3. The van der Waals surface area contributed by atoms with E-state index in [0.29, 0.717) is 0 Å². The van der Waals surface area contributed by atoms with E-state index in [4.69, 9.17) is 15.1 Å². The van der Waals surface area contributed by atoms with Gasteiger partial charge >= 0.3 is 26.2 Å². The molecule has 0 rings (SSSR count). The first-order chi connectivity index (χ1) is 1.73. The van der Waals surface area contributed by atoms with Gasteiger partial charge in [0.1, 0.15) is 0 Å². The van der Waals surface area contributed by atoms with Gasteiger partial charge < -0.3 is 15.1 Å². The summed E-state index contributed by atoms with van der Waals surface area (Å²) >= 11 is 0. The summed E-state index contributed by atoms with van der Waals surface area (Å²) in [4.78, 5) is 0. The molecule has 3 N–H and O–H groups in total. The molecule has 0 saturated heterocycles. The van der Waals surface area contributed by atoms with Gasteiger partial charge in [0.2, 0.25) is 0 Å². The van der Waals surface area contributed by atoms with Gasteiger partial charge in [0, 0.05) is 17.1 Å². The van der Waals surface area contributed by atoms with Gasteiger partial charge in [-0.05, 0) is 0 Å². The fourth-order valence-corrected chi connectivity index (χ4v) is 0. The molecule has 6 heavy (non-hydrogen) atoms. The van der Waals surface area contributed by atoms with Crippen LogP contribution in [0.15, 0.2) is 0 Å². The van der Waals surface area contributed by atoms with Crippen molar-refractivity contribution in [3.05, 3.63) is 0 Å². The van der Waals surface area contributed by atoms with E-state index in [1.165, 1.54) is 0 Å². The van der Waals surface area contributed by atoms with Crippen molar-refractivity contribution >= 4 is 26.2 Å². The Bertz CT molecular complexity index is 15.5. The number of rotatable bonds is 0. The molecule has 0 fully saturated rings. The van der Waals surface area contributed by atoms with E-state index in [0.717, 1.165) is 0 Å². The zero-order valence-corrected chi connectivity index (χ0v) is 3.16. The van der Waals surface area contributed by atoms with Crippen LogP contribution in [-0.2, 0) is 17.1 Å². The summed E-state index contributed by atoms with van der Waals surface area (Å²) in [7, 11) is -2.17. The minimum atomic E-state index is -2.17.